The normalized spacial score (nSPS) is 52.7. The molecular formula is C19H28O2. The fourth-order valence-electron chi connectivity index (χ4n) is 6.52. The van der Waals surface area contributed by atoms with Crippen molar-refractivity contribution < 1.29 is 9.90 Å². The summed E-state index contributed by atoms with van der Waals surface area (Å²) in [5.74, 6) is 2.05. The van der Waals surface area contributed by atoms with Gasteiger partial charge in [-0.15, -0.1) is 0 Å². The Morgan fingerprint density at radius 1 is 1.14 bits per heavy atom. The molecule has 116 valence electrons. The number of fused-ring (bicyclic) bond motifs is 5. The fraction of sp³-hybridized carbons (Fsp3) is 0.842. The molecule has 3 fully saturated rings. The van der Waals surface area contributed by atoms with Crippen LogP contribution in [-0.2, 0) is 4.79 Å². The molecule has 4 aliphatic rings. The molecule has 21 heavy (non-hydrogen) atoms. The third-order valence-electron chi connectivity index (χ3n) is 7.77. The first-order valence-electron chi connectivity index (χ1n) is 8.86. The molecule has 0 bridgehead atoms. The van der Waals surface area contributed by atoms with Gasteiger partial charge < -0.3 is 5.11 Å². The van der Waals surface area contributed by atoms with Crippen LogP contribution in [0.2, 0.25) is 0 Å². The maximum absolute atomic E-state index is 11.8. The van der Waals surface area contributed by atoms with E-state index in [1.54, 1.807) is 0 Å². The smallest absolute Gasteiger partial charge is 0.155 e. The number of ketones is 1. The van der Waals surface area contributed by atoms with Crippen LogP contribution in [0.15, 0.2) is 11.6 Å². The van der Waals surface area contributed by atoms with Crippen LogP contribution in [0.5, 0.6) is 0 Å². The number of hydrogen-bond donors (Lipinski definition) is 1. The molecule has 2 heteroatoms. The topological polar surface area (TPSA) is 37.3 Å². The minimum atomic E-state index is -0.219. The first-order valence-corrected chi connectivity index (χ1v) is 8.86. The van der Waals surface area contributed by atoms with Gasteiger partial charge in [0.05, 0.1) is 6.10 Å². The number of rotatable bonds is 0. The Hall–Kier alpha value is -0.630. The average Bonchev–Trinajstić information content (AvgIpc) is 2.82. The largest absolute Gasteiger partial charge is 0.392 e. The Kier molecular flexibility index (Phi) is 2.96. The predicted molar refractivity (Wildman–Crippen MR) is 82.7 cm³/mol. The van der Waals surface area contributed by atoms with Gasteiger partial charge >= 0.3 is 0 Å². The lowest BCUT2D eigenvalue weighted by molar-refractivity contribution is -0.121. The second-order valence-electron chi connectivity index (χ2n) is 8.70. The van der Waals surface area contributed by atoms with Crippen LogP contribution in [-0.4, -0.2) is 17.0 Å². The van der Waals surface area contributed by atoms with Crippen molar-refractivity contribution in [1.82, 2.24) is 0 Å². The summed E-state index contributed by atoms with van der Waals surface area (Å²) in [6, 6.07) is 0. The molecule has 0 aromatic carbocycles. The number of hydrogen-bond acceptors (Lipinski definition) is 2. The summed E-state index contributed by atoms with van der Waals surface area (Å²) in [4.78, 5) is 11.8. The van der Waals surface area contributed by atoms with E-state index < -0.39 is 0 Å². The Balaban J connectivity index is 1.74. The van der Waals surface area contributed by atoms with E-state index in [0.717, 1.165) is 12.8 Å². The van der Waals surface area contributed by atoms with Crippen LogP contribution in [0.25, 0.3) is 0 Å². The first-order chi connectivity index (χ1) is 9.94. The van der Waals surface area contributed by atoms with Crippen LogP contribution in [0.1, 0.15) is 65.2 Å². The molecule has 0 aromatic rings. The average molecular weight is 288 g/mol. The lowest BCUT2D eigenvalue weighted by Gasteiger charge is -2.58. The number of aliphatic hydroxyl groups is 1. The van der Waals surface area contributed by atoms with Crippen molar-refractivity contribution in [2.45, 2.75) is 71.3 Å². The summed E-state index contributed by atoms with van der Waals surface area (Å²) in [6.45, 7) is 4.85. The van der Waals surface area contributed by atoms with Crippen molar-refractivity contribution >= 4 is 5.78 Å². The monoisotopic (exact) mass is 288 g/mol. The quantitative estimate of drug-likeness (QED) is 0.734. The molecule has 0 heterocycles. The maximum Gasteiger partial charge on any atom is 0.155 e. The molecule has 0 saturated heterocycles. The van der Waals surface area contributed by atoms with Gasteiger partial charge in [-0.1, -0.05) is 25.8 Å². The van der Waals surface area contributed by atoms with Crippen molar-refractivity contribution in [3.05, 3.63) is 11.6 Å². The van der Waals surface area contributed by atoms with E-state index in [9.17, 15) is 9.90 Å². The molecular weight excluding hydrogens is 260 g/mol. The van der Waals surface area contributed by atoms with Crippen molar-refractivity contribution in [3.8, 4) is 0 Å². The summed E-state index contributed by atoms with van der Waals surface area (Å²) in [5, 5.41) is 10.9. The van der Waals surface area contributed by atoms with Gasteiger partial charge in [-0.2, -0.15) is 0 Å². The van der Waals surface area contributed by atoms with E-state index in [0.29, 0.717) is 29.6 Å². The Morgan fingerprint density at radius 2 is 1.95 bits per heavy atom. The first kappa shape index (κ1) is 14.0. The van der Waals surface area contributed by atoms with E-state index in [-0.39, 0.29) is 17.3 Å². The summed E-state index contributed by atoms with van der Waals surface area (Å²) in [6.07, 6.45) is 10.7. The molecule has 3 saturated carbocycles. The van der Waals surface area contributed by atoms with Gasteiger partial charge in [-0.3, -0.25) is 4.79 Å². The van der Waals surface area contributed by atoms with Gasteiger partial charge in [0, 0.05) is 6.42 Å². The van der Waals surface area contributed by atoms with Gasteiger partial charge in [0.1, 0.15) is 0 Å². The van der Waals surface area contributed by atoms with E-state index in [2.05, 4.69) is 13.8 Å². The highest BCUT2D eigenvalue weighted by molar-refractivity contribution is 5.91. The molecule has 0 radical (unpaired) electrons. The lowest BCUT2D eigenvalue weighted by atomic mass is 9.47. The van der Waals surface area contributed by atoms with Crippen molar-refractivity contribution in [2.75, 3.05) is 0 Å². The second-order valence-corrected chi connectivity index (χ2v) is 8.70. The molecule has 1 N–H and O–H groups in total. The SMILES string of the molecule is C[C@@]12CCC[C@H]1[C@@H]1[C@H](O)CC3=CC(=O)CC[C@]3(C)[C@H]1CC2. The zero-order valence-corrected chi connectivity index (χ0v) is 13.4. The molecule has 0 spiro atoms. The molecule has 6 atom stereocenters. The summed E-state index contributed by atoms with van der Waals surface area (Å²) in [7, 11) is 0. The lowest BCUT2D eigenvalue weighted by Crippen LogP contribution is -2.54. The van der Waals surface area contributed by atoms with Gasteiger partial charge in [0.25, 0.3) is 0 Å². The summed E-state index contributed by atoms with van der Waals surface area (Å²) < 4.78 is 0. The van der Waals surface area contributed by atoms with E-state index in [1.807, 2.05) is 6.08 Å². The number of aliphatic hydroxyl groups excluding tert-OH is 1. The number of carbonyl (C=O) groups is 1. The van der Waals surface area contributed by atoms with Crippen LogP contribution < -0.4 is 0 Å². The molecule has 4 aliphatic carbocycles. The molecule has 0 aliphatic heterocycles. The van der Waals surface area contributed by atoms with Gasteiger partial charge in [0.2, 0.25) is 0 Å². The highest BCUT2D eigenvalue weighted by Crippen LogP contribution is 2.65. The van der Waals surface area contributed by atoms with E-state index >= 15 is 0 Å². The third-order valence-corrected chi connectivity index (χ3v) is 7.77. The van der Waals surface area contributed by atoms with Gasteiger partial charge in [-0.25, -0.2) is 0 Å². The highest BCUT2D eigenvalue weighted by atomic mass is 16.3. The molecule has 0 amide bonds. The highest BCUT2D eigenvalue weighted by Gasteiger charge is 2.58. The summed E-state index contributed by atoms with van der Waals surface area (Å²) in [5.41, 5.74) is 1.92. The zero-order chi connectivity index (χ0) is 14.8. The Labute approximate surface area is 128 Å². The minimum absolute atomic E-state index is 0.182. The van der Waals surface area contributed by atoms with Crippen molar-refractivity contribution in [3.63, 3.8) is 0 Å². The van der Waals surface area contributed by atoms with Crippen molar-refractivity contribution in [2.24, 2.45) is 28.6 Å². The second kappa shape index (κ2) is 4.44. The van der Waals surface area contributed by atoms with Crippen LogP contribution in [0.3, 0.4) is 0 Å². The van der Waals surface area contributed by atoms with Crippen molar-refractivity contribution in [1.29, 1.82) is 0 Å². The standard InChI is InChI=1S/C19H28O2/c1-18-7-3-4-14(18)17-15(6-8-18)19(2)9-5-13(20)10-12(19)11-16(17)21/h10,14-17,21H,3-9,11H2,1-2H3/t14-,15-,16+,17-,18-,19-/m0/s1. The molecule has 0 unspecified atom stereocenters. The van der Waals surface area contributed by atoms with Gasteiger partial charge in [-0.05, 0) is 73.2 Å². The minimum Gasteiger partial charge on any atom is -0.392 e. The van der Waals surface area contributed by atoms with Gasteiger partial charge in [0.15, 0.2) is 5.78 Å². The summed E-state index contributed by atoms with van der Waals surface area (Å²) >= 11 is 0. The fourth-order valence-corrected chi connectivity index (χ4v) is 6.52. The molecule has 4 rings (SSSR count). The number of carbonyl (C=O) groups excluding carboxylic acids is 1. The zero-order valence-electron chi connectivity index (χ0n) is 13.4. The van der Waals surface area contributed by atoms with E-state index in [1.165, 1.54) is 37.7 Å². The maximum atomic E-state index is 11.8. The third kappa shape index (κ3) is 1.84. The molecule has 2 nitrogen and oxygen atoms in total. The van der Waals surface area contributed by atoms with Crippen LogP contribution in [0.4, 0.5) is 0 Å². The van der Waals surface area contributed by atoms with Crippen LogP contribution in [0, 0.1) is 28.6 Å². The Bertz CT molecular complexity index is 508. The van der Waals surface area contributed by atoms with Crippen LogP contribution >= 0.6 is 0 Å². The predicted octanol–water partition coefficient (Wildman–Crippen LogP) is 3.88. The Morgan fingerprint density at radius 3 is 2.76 bits per heavy atom. The van der Waals surface area contributed by atoms with E-state index in [4.69, 9.17) is 0 Å². The molecule has 0 aromatic heterocycles.